The first-order chi connectivity index (χ1) is 12.0. The third-order valence-corrected chi connectivity index (χ3v) is 3.40. The average Bonchev–Trinajstić information content (AvgIpc) is 2.61. The summed E-state index contributed by atoms with van der Waals surface area (Å²) in [5, 5.41) is 13.0. The maximum Gasteiger partial charge on any atom is 0.249 e. The lowest BCUT2D eigenvalue weighted by Crippen LogP contribution is -2.07. The minimum absolute atomic E-state index is 0.0425. The van der Waals surface area contributed by atoms with E-state index in [-0.39, 0.29) is 11.6 Å². The minimum atomic E-state index is -1.56. The standard InChI is InChI=1S/C17H14F3N5/c1-10-3-2-4-11(7-10)8-21-14-9-22-25-17(24-14)23-13-6-5-12(18)15(19)16(13)20/h2-7,9H,8H2,1H3,(H2,21,23,24,25). The van der Waals surface area contributed by atoms with E-state index in [1.807, 2.05) is 31.2 Å². The van der Waals surface area contributed by atoms with Gasteiger partial charge in [-0.2, -0.15) is 10.1 Å². The highest BCUT2D eigenvalue weighted by Crippen LogP contribution is 2.22. The van der Waals surface area contributed by atoms with Crippen LogP contribution >= 0.6 is 0 Å². The zero-order chi connectivity index (χ0) is 17.8. The molecule has 0 unspecified atom stereocenters. The molecule has 3 aromatic rings. The zero-order valence-electron chi connectivity index (χ0n) is 13.2. The van der Waals surface area contributed by atoms with E-state index in [2.05, 4.69) is 25.8 Å². The van der Waals surface area contributed by atoms with E-state index in [0.717, 1.165) is 23.3 Å². The Morgan fingerprint density at radius 2 is 1.88 bits per heavy atom. The van der Waals surface area contributed by atoms with Gasteiger partial charge in [0.05, 0.1) is 11.9 Å². The van der Waals surface area contributed by atoms with Crippen LogP contribution in [0.5, 0.6) is 0 Å². The molecule has 0 saturated carbocycles. The van der Waals surface area contributed by atoms with Gasteiger partial charge in [-0.05, 0) is 24.6 Å². The van der Waals surface area contributed by atoms with Crippen molar-refractivity contribution in [2.75, 3.05) is 10.6 Å². The first kappa shape index (κ1) is 16.7. The maximum absolute atomic E-state index is 13.7. The fourth-order valence-electron chi connectivity index (χ4n) is 2.20. The minimum Gasteiger partial charge on any atom is -0.365 e. The normalized spacial score (nSPS) is 10.6. The van der Waals surface area contributed by atoms with E-state index in [9.17, 15) is 13.2 Å². The quantitative estimate of drug-likeness (QED) is 0.686. The maximum atomic E-state index is 13.7. The highest BCUT2D eigenvalue weighted by Gasteiger charge is 2.14. The van der Waals surface area contributed by atoms with Crippen LogP contribution in [-0.4, -0.2) is 15.2 Å². The molecule has 0 bridgehead atoms. The van der Waals surface area contributed by atoms with Crippen LogP contribution in [0.2, 0.25) is 0 Å². The van der Waals surface area contributed by atoms with E-state index in [4.69, 9.17) is 0 Å². The van der Waals surface area contributed by atoms with Gasteiger partial charge in [0.1, 0.15) is 0 Å². The zero-order valence-corrected chi connectivity index (χ0v) is 13.2. The van der Waals surface area contributed by atoms with Gasteiger partial charge >= 0.3 is 0 Å². The first-order valence-electron chi connectivity index (χ1n) is 7.42. The molecule has 0 atom stereocenters. The summed E-state index contributed by atoms with van der Waals surface area (Å²) in [6.07, 6.45) is 1.41. The van der Waals surface area contributed by atoms with Crippen molar-refractivity contribution in [1.82, 2.24) is 15.2 Å². The van der Waals surface area contributed by atoms with Crippen molar-refractivity contribution in [3.8, 4) is 0 Å². The van der Waals surface area contributed by atoms with E-state index in [0.29, 0.717) is 12.4 Å². The van der Waals surface area contributed by atoms with Crippen LogP contribution in [0.4, 0.5) is 30.6 Å². The van der Waals surface area contributed by atoms with Gasteiger partial charge < -0.3 is 10.6 Å². The lowest BCUT2D eigenvalue weighted by molar-refractivity contribution is 0.449. The Hall–Kier alpha value is -3.16. The number of nitrogens with one attached hydrogen (secondary N) is 2. The number of aromatic nitrogens is 3. The van der Waals surface area contributed by atoms with Gasteiger partial charge in [0.25, 0.3) is 0 Å². The molecular weight excluding hydrogens is 331 g/mol. The number of rotatable bonds is 5. The Morgan fingerprint density at radius 1 is 1.04 bits per heavy atom. The number of nitrogens with zero attached hydrogens (tertiary/aromatic N) is 3. The van der Waals surface area contributed by atoms with Crippen molar-refractivity contribution >= 4 is 17.5 Å². The monoisotopic (exact) mass is 345 g/mol. The summed E-state index contributed by atoms with van der Waals surface area (Å²) >= 11 is 0. The third-order valence-electron chi connectivity index (χ3n) is 3.40. The molecule has 0 radical (unpaired) electrons. The number of anilines is 3. The Balaban J connectivity index is 1.72. The Morgan fingerprint density at radius 3 is 2.68 bits per heavy atom. The van der Waals surface area contributed by atoms with E-state index >= 15 is 0 Å². The fourth-order valence-corrected chi connectivity index (χ4v) is 2.20. The number of benzene rings is 2. The second-order valence-corrected chi connectivity index (χ2v) is 5.36. The molecule has 1 aromatic heterocycles. The average molecular weight is 345 g/mol. The summed E-state index contributed by atoms with van der Waals surface area (Å²) in [4.78, 5) is 4.12. The van der Waals surface area contributed by atoms with Crippen molar-refractivity contribution in [2.45, 2.75) is 13.5 Å². The summed E-state index contributed by atoms with van der Waals surface area (Å²) in [6, 6.07) is 9.80. The van der Waals surface area contributed by atoms with Crippen molar-refractivity contribution in [2.24, 2.45) is 0 Å². The van der Waals surface area contributed by atoms with Crippen LogP contribution < -0.4 is 10.6 Å². The van der Waals surface area contributed by atoms with Gasteiger partial charge in [-0.15, -0.1) is 5.10 Å². The van der Waals surface area contributed by atoms with Crippen LogP contribution in [-0.2, 0) is 6.54 Å². The summed E-state index contributed by atoms with van der Waals surface area (Å²) < 4.78 is 39.9. The van der Waals surface area contributed by atoms with Gasteiger partial charge in [-0.3, -0.25) is 0 Å². The molecule has 2 N–H and O–H groups in total. The summed E-state index contributed by atoms with van der Waals surface area (Å²) in [5.74, 6) is -3.81. The number of halogens is 3. The van der Waals surface area contributed by atoms with Crippen molar-refractivity contribution in [3.05, 3.63) is 71.2 Å². The fraction of sp³-hybridized carbons (Fsp3) is 0.118. The first-order valence-corrected chi connectivity index (χ1v) is 7.42. The van der Waals surface area contributed by atoms with Gasteiger partial charge in [0, 0.05) is 6.54 Å². The summed E-state index contributed by atoms with van der Waals surface area (Å²) in [7, 11) is 0. The molecule has 0 fully saturated rings. The largest absolute Gasteiger partial charge is 0.365 e. The van der Waals surface area contributed by atoms with Crippen LogP contribution in [0.15, 0.2) is 42.6 Å². The summed E-state index contributed by atoms with van der Waals surface area (Å²) in [6.45, 7) is 2.51. The lowest BCUT2D eigenvalue weighted by Gasteiger charge is -2.09. The number of hydrogen-bond acceptors (Lipinski definition) is 5. The molecule has 2 aromatic carbocycles. The highest BCUT2D eigenvalue weighted by molar-refractivity contribution is 5.55. The molecule has 1 heterocycles. The predicted molar refractivity (Wildman–Crippen MR) is 87.9 cm³/mol. The second-order valence-electron chi connectivity index (χ2n) is 5.36. The molecule has 0 spiro atoms. The summed E-state index contributed by atoms with van der Waals surface area (Å²) in [5.41, 5.74) is 1.91. The SMILES string of the molecule is Cc1cccc(CNc2cnnc(Nc3ccc(F)c(F)c3F)n2)c1. The van der Waals surface area contributed by atoms with Crippen LogP contribution in [0.25, 0.3) is 0 Å². The van der Waals surface area contributed by atoms with E-state index in [1.54, 1.807) is 0 Å². The predicted octanol–water partition coefficient (Wildman–Crippen LogP) is 3.95. The van der Waals surface area contributed by atoms with Crippen LogP contribution in [0.3, 0.4) is 0 Å². The molecule has 0 aliphatic rings. The number of aryl methyl sites for hydroxylation is 1. The Labute approximate surface area is 141 Å². The molecule has 0 aliphatic heterocycles. The van der Waals surface area contributed by atoms with Crippen LogP contribution in [0, 0.1) is 24.4 Å². The van der Waals surface area contributed by atoms with Crippen molar-refractivity contribution < 1.29 is 13.2 Å². The molecule has 0 amide bonds. The second kappa shape index (κ2) is 7.16. The number of hydrogen-bond donors (Lipinski definition) is 2. The highest BCUT2D eigenvalue weighted by atomic mass is 19.2. The lowest BCUT2D eigenvalue weighted by atomic mass is 10.1. The molecule has 0 aliphatic carbocycles. The van der Waals surface area contributed by atoms with Gasteiger partial charge in [0.15, 0.2) is 23.3 Å². The van der Waals surface area contributed by atoms with Crippen LogP contribution in [0.1, 0.15) is 11.1 Å². The third kappa shape index (κ3) is 4.03. The molecular formula is C17H14F3N5. The smallest absolute Gasteiger partial charge is 0.249 e. The molecule has 8 heteroatoms. The van der Waals surface area contributed by atoms with Gasteiger partial charge in [0.2, 0.25) is 5.95 Å². The van der Waals surface area contributed by atoms with Crippen molar-refractivity contribution in [3.63, 3.8) is 0 Å². The molecule has 128 valence electrons. The Bertz CT molecular complexity index is 901. The van der Waals surface area contributed by atoms with E-state index < -0.39 is 17.5 Å². The molecule has 25 heavy (non-hydrogen) atoms. The molecule has 3 rings (SSSR count). The molecule has 0 saturated heterocycles. The Kier molecular flexibility index (Phi) is 4.78. The van der Waals surface area contributed by atoms with Crippen molar-refractivity contribution in [1.29, 1.82) is 0 Å². The van der Waals surface area contributed by atoms with Gasteiger partial charge in [-0.1, -0.05) is 29.8 Å². The topological polar surface area (TPSA) is 62.7 Å². The molecule has 5 nitrogen and oxygen atoms in total. The van der Waals surface area contributed by atoms with E-state index in [1.165, 1.54) is 6.20 Å². The van der Waals surface area contributed by atoms with Gasteiger partial charge in [-0.25, -0.2) is 13.2 Å².